The predicted molar refractivity (Wildman–Crippen MR) is 56.1 cm³/mol. The first-order valence-electron chi connectivity index (χ1n) is 4.74. The molecule has 2 heterocycles. The van der Waals surface area contributed by atoms with Crippen LogP contribution < -0.4 is 5.73 Å². The van der Waals surface area contributed by atoms with Crippen molar-refractivity contribution >= 4 is 11.2 Å². The van der Waals surface area contributed by atoms with Gasteiger partial charge in [-0.3, -0.25) is 0 Å². The Hall–Kier alpha value is -1.42. The summed E-state index contributed by atoms with van der Waals surface area (Å²) in [5, 5.41) is 0. The van der Waals surface area contributed by atoms with Crippen LogP contribution in [0.15, 0.2) is 12.1 Å². The SMILES string of the molecule is Cc1ccc2[nH]c(C(C)CN)nc2n1. The lowest BCUT2D eigenvalue weighted by Crippen LogP contribution is -2.10. The number of imidazole rings is 1. The summed E-state index contributed by atoms with van der Waals surface area (Å²) in [7, 11) is 0. The van der Waals surface area contributed by atoms with Gasteiger partial charge in [-0.1, -0.05) is 6.92 Å². The molecule has 0 saturated carbocycles. The van der Waals surface area contributed by atoms with Crippen LogP contribution in [-0.2, 0) is 0 Å². The molecule has 0 amide bonds. The van der Waals surface area contributed by atoms with Crippen molar-refractivity contribution in [2.45, 2.75) is 19.8 Å². The lowest BCUT2D eigenvalue weighted by Gasteiger charge is -2.01. The lowest BCUT2D eigenvalue weighted by molar-refractivity contribution is 0.727. The molecule has 14 heavy (non-hydrogen) atoms. The van der Waals surface area contributed by atoms with E-state index in [9.17, 15) is 0 Å². The second-order valence-electron chi connectivity index (χ2n) is 3.58. The normalized spacial score (nSPS) is 13.4. The summed E-state index contributed by atoms with van der Waals surface area (Å²) in [6.45, 7) is 4.60. The highest BCUT2D eigenvalue weighted by Crippen LogP contribution is 2.15. The number of nitrogens with zero attached hydrogens (tertiary/aromatic N) is 2. The zero-order valence-electron chi connectivity index (χ0n) is 8.41. The molecule has 4 heteroatoms. The number of aryl methyl sites for hydroxylation is 1. The number of rotatable bonds is 2. The average Bonchev–Trinajstić information content (AvgIpc) is 2.59. The maximum Gasteiger partial charge on any atom is 0.177 e. The van der Waals surface area contributed by atoms with Crippen LogP contribution >= 0.6 is 0 Å². The van der Waals surface area contributed by atoms with E-state index >= 15 is 0 Å². The summed E-state index contributed by atoms with van der Waals surface area (Å²) < 4.78 is 0. The standard InChI is InChI=1S/C10H14N4/c1-6(5-11)9-13-8-4-3-7(2)12-10(8)14-9/h3-4,6H,5,11H2,1-2H3,(H,12,13,14). The van der Waals surface area contributed by atoms with Gasteiger partial charge in [-0.25, -0.2) is 9.97 Å². The number of pyridine rings is 1. The molecule has 1 unspecified atom stereocenters. The van der Waals surface area contributed by atoms with Gasteiger partial charge in [0.1, 0.15) is 5.82 Å². The van der Waals surface area contributed by atoms with Crippen molar-refractivity contribution in [1.29, 1.82) is 0 Å². The molecule has 0 radical (unpaired) electrons. The topological polar surface area (TPSA) is 67.6 Å². The van der Waals surface area contributed by atoms with Gasteiger partial charge in [0.25, 0.3) is 0 Å². The molecule has 0 fully saturated rings. The minimum atomic E-state index is 0.254. The number of H-pyrrole nitrogens is 1. The summed E-state index contributed by atoms with van der Waals surface area (Å²) in [6.07, 6.45) is 0. The quantitative estimate of drug-likeness (QED) is 0.750. The van der Waals surface area contributed by atoms with Gasteiger partial charge in [-0.05, 0) is 19.1 Å². The van der Waals surface area contributed by atoms with Crippen LogP contribution in [0.5, 0.6) is 0 Å². The molecular weight excluding hydrogens is 176 g/mol. The summed E-state index contributed by atoms with van der Waals surface area (Å²) >= 11 is 0. The van der Waals surface area contributed by atoms with Gasteiger partial charge in [0.2, 0.25) is 0 Å². The Morgan fingerprint density at radius 2 is 2.21 bits per heavy atom. The molecule has 0 bridgehead atoms. The van der Waals surface area contributed by atoms with Gasteiger partial charge < -0.3 is 10.7 Å². The molecule has 0 aromatic carbocycles. The fourth-order valence-electron chi connectivity index (χ4n) is 1.35. The largest absolute Gasteiger partial charge is 0.340 e. The van der Waals surface area contributed by atoms with E-state index in [4.69, 9.17) is 5.73 Å². The van der Waals surface area contributed by atoms with Gasteiger partial charge >= 0.3 is 0 Å². The minimum Gasteiger partial charge on any atom is -0.340 e. The monoisotopic (exact) mass is 190 g/mol. The van der Waals surface area contributed by atoms with E-state index in [1.165, 1.54) is 0 Å². The summed E-state index contributed by atoms with van der Waals surface area (Å²) in [4.78, 5) is 11.9. The summed E-state index contributed by atoms with van der Waals surface area (Å²) in [5.74, 6) is 1.17. The van der Waals surface area contributed by atoms with Gasteiger partial charge in [0.05, 0.1) is 5.52 Å². The molecule has 3 N–H and O–H groups in total. The molecule has 0 aliphatic heterocycles. The number of hydrogen-bond donors (Lipinski definition) is 2. The van der Waals surface area contributed by atoms with E-state index < -0.39 is 0 Å². The van der Waals surface area contributed by atoms with Crippen molar-refractivity contribution in [3.63, 3.8) is 0 Å². The van der Waals surface area contributed by atoms with Crippen LogP contribution in [0.2, 0.25) is 0 Å². The van der Waals surface area contributed by atoms with E-state index in [0.717, 1.165) is 22.7 Å². The summed E-state index contributed by atoms with van der Waals surface area (Å²) in [6, 6.07) is 3.97. The number of nitrogens with one attached hydrogen (secondary N) is 1. The van der Waals surface area contributed by atoms with Crippen molar-refractivity contribution in [2.24, 2.45) is 5.73 Å². The Morgan fingerprint density at radius 3 is 2.93 bits per heavy atom. The predicted octanol–water partition coefficient (Wildman–Crippen LogP) is 1.33. The third kappa shape index (κ3) is 1.48. The van der Waals surface area contributed by atoms with Gasteiger partial charge in [0, 0.05) is 18.2 Å². The van der Waals surface area contributed by atoms with Gasteiger partial charge in [-0.2, -0.15) is 0 Å². The number of aromatic nitrogens is 3. The number of aromatic amines is 1. The molecule has 74 valence electrons. The van der Waals surface area contributed by atoms with E-state index in [0.29, 0.717) is 6.54 Å². The van der Waals surface area contributed by atoms with Crippen LogP contribution in [0, 0.1) is 6.92 Å². The third-order valence-electron chi connectivity index (χ3n) is 2.32. The molecule has 2 aromatic heterocycles. The Bertz CT molecular complexity index is 446. The first kappa shape index (κ1) is 9.15. The zero-order valence-corrected chi connectivity index (χ0v) is 8.41. The van der Waals surface area contributed by atoms with Crippen molar-refractivity contribution in [2.75, 3.05) is 6.54 Å². The van der Waals surface area contributed by atoms with Crippen LogP contribution in [-0.4, -0.2) is 21.5 Å². The van der Waals surface area contributed by atoms with Crippen molar-refractivity contribution < 1.29 is 0 Å². The molecule has 0 aliphatic rings. The molecular formula is C10H14N4. The van der Waals surface area contributed by atoms with Crippen LogP contribution in [0.1, 0.15) is 24.4 Å². The van der Waals surface area contributed by atoms with Crippen LogP contribution in [0.3, 0.4) is 0 Å². The minimum absolute atomic E-state index is 0.254. The maximum atomic E-state index is 5.58. The number of hydrogen-bond acceptors (Lipinski definition) is 3. The molecule has 2 aromatic rings. The van der Waals surface area contributed by atoms with E-state index in [1.54, 1.807) is 0 Å². The van der Waals surface area contributed by atoms with E-state index in [2.05, 4.69) is 15.0 Å². The Balaban J connectivity index is 2.51. The molecule has 2 rings (SSSR count). The smallest absolute Gasteiger partial charge is 0.177 e. The molecule has 0 spiro atoms. The second-order valence-corrected chi connectivity index (χ2v) is 3.58. The van der Waals surface area contributed by atoms with Gasteiger partial charge in [0.15, 0.2) is 5.65 Å². The Morgan fingerprint density at radius 1 is 1.43 bits per heavy atom. The fourth-order valence-corrected chi connectivity index (χ4v) is 1.35. The lowest BCUT2D eigenvalue weighted by atomic mass is 10.2. The van der Waals surface area contributed by atoms with Crippen LogP contribution in [0.25, 0.3) is 11.2 Å². The molecule has 0 saturated heterocycles. The first-order valence-corrected chi connectivity index (χ1v) is 4.74. The highest BCUT2D eigenvalue weighted by molar-refractivity contribution is 5.70. The van der Waals surface area contributed by atoms with Gasteiger partial charge in [-0.15, -0.1) is 0 Å². The maximum absolute atomic E-state index is 5.58. The van der Waals surface area contributed by atoms with Crippen LogP contribution in [0.4, 0.5) is 0 Å². The summed E-state index contributed by atoms with van der Waals surface area (Å²) in [5.41, 5.74) is 8.31. The average molecular weight is 190 g/mol. The highest BCUT2D eigenvalue weighted by Gasteiger charge is 2.09. The number of nitrogens with two attached hydrogens (primary N) is 1. The van der Waals surface area contributed by atoms with E-state index in [-0.39, 0.29) is 5.92 Å². The molecule has 4 nitrogen and oxygen atoms in total. The Labute approximate surface area is 82.6 Å². The zero-order chi connectivity index (χ0) is 10.1. The highest BCUT2D eigenvalue weighted by atomic mass is 15.0. The first-order chi connectivity index (χ1) is 6.70. The number of fused-ring (bicyclic) bond motifs is 1. The second kappa shape index (κ2) is 3.38. The Kier molecular flexibility index (Phi) is 2.21. The van der Waals surface area contributed by atoms with E-state index in [1.807, 2.05) is 26.0 Å². The van der Waals surface area contributed by atoms with Crippen molar-refractivity contribution in [3.8, 4) is 0 Å². The molecule has 0 aliphatic carbocycles. The van der Waals surface area contributed by atoms with Crippen molar-refractivity contribution in [1.82, 2.24) is 15.0 Å². The fraction of sp³-hybridized carbons (Fsp3) is 0.400. The molecule has 1 atom stereocenters. The third-order valence-corrected chi connectivity index (χ3v) is 2.32. The van der Waals surface area contributed by atoms with Crippen molar-refractivity contribution in [3.05, 3.63) is 23.7 Å².